The summed E-state index contributed by atoms with van der Waals surface area (Å²) >= 11 is 11.6. The molecule has 0 saturated heterocycles. The van der Waals surface area contributed by atoms with Crippen LogP contribution < -0.4 is 25.4 Å². The Kier molecular flexibility index (Phi) is 5.32. The van der Waals surface area contributed by atoms with Gasteiger partial charge in [0.15, 0.2) is 16.6 Å². The quantitative estimate of drug-likeness (QED) is 0.797. The lowest BCUT2D eigenvalue weighted by molar-refractivity contribution is 0.354. The number of rotatable bonds is 4. The summed E-state index contributed by atoms with van der Waals surface area (Å²) < 4.78 is 11.0. The van der Waals surface area contributed by atoms with Gasteiger partial charge in [0.05, 0.1) is 24.9 Å². The Morgan fingerprint density at radius 3 is 2.60 bits per heavy atom. The van der Waals surface area contributed by atoms with Crippen LogP contribution in [0, 0.1) is 0 Å². The van der Waals surface area contributed by atoms with E-state index in [1.54, 1.807) is 20.3 Å². The number of fused-ring (bicyclic) bond motifs is 1. The first-order valence-electron chi connectivity index (χ1n) is 7.88. The number of thiocarbonyl (C=S) groups is 1. The molecule has 2 aromatic rings. The van der Waals surface area contributed by atoms with Crippen molar-refractivity contribution in [3.63, 3.8) is 0 Å². The molecule has 1 aliphatic rings. The summed E-state index contributed by atoms with van der Waals surface area (Å²) in [6.45, 7) is 0.827. The standard InChI is InChI=1S/C18H20ClN3O2S/c1-23-15-13(19)7-8-14(16(15)24-2)22(18(20)25)17-12-6-4-3-5-11(12)9-10-21-17/h3-8,17,21H,9-10H2,1-2H3,(H2,20,25). The number of hydrogen-bond acceptors (Lipinski definition) is 4. The van der Waals surface area contributed by atoms with Crippen molar-refractivity contribution < 1.29 is 9.47 Å². The van der Waals surface area contributed by atoms with Crippen molar-refractivity contribution in [3.8, 4) is 11.5 Å². The third-order valence-corrected chi connectivity index (χ3v) is 4.78. The zero-order chi connectivity index (χ0) is 18.0. The van der Waals surface area contributed by atoms with E-state index in [0.29, 0.717) is 22.2 Å². The van der Waals surface area contributed by atoms with Gasteiger partial charge in [-0.1, -0.05) is 35.9 Å². The van der Waals surface area contributed by atoms with Gasteiger partial charge in [-0.15, -0.1) is 0 Å². The lowest BCUT2D eigenvalue weighted by Gasteiger charge is -2.37. The number of anilines is 1. The molecule has 3 N–H and O–H groups in total. The number of methoxy groups -OCH3 is 2. The fraction of sp³-hybridized carbons (Fsp3) is 0.278. The van der Waals surface area contributed by atoms with Gasteiger partial charge in [-0.3, -0.25) is 10.2 Å². The minimum absolute atomic E-state index is 0.192. The maximum Gasteiger partial charge on any atom is 0.186 e. The Morgan fingerprint density at radius 1 is 1.20 bits per heavy atom. The second-order valence-corrected chi connectivity index (χ2v) is 6.47. The van der Waals surface area contributed by atoms with Gasteiger partial charge in [0.25, 0.3) is 0 Å². The molecule has 0 amide bonds. The molecule has 1 unspecified atom stereocenters. The van der Waals surface area contributed by atoms with Gasteiger partial charge in [-0.25, -0.2) is 0 Å². The van der Waals surface area contributed by atoms with Crippen molar-refractivity contribution in [1.82, 2.24) is 5.32 Å². The van der Waals surface area contributed by atoms with Gasteiger partial charge in [-0.05, 0) is 41.9 Å². The Balaban J connectivity index is 2.15. The van der Waals surface area contributed by atoms with Crippen molar-refractivity contribution in [2.75, 3.05) is 25.7 Å². The van der Waals surface area contributed by atoms with Crippen LogP contribution in [0.15, 0.2) is 36.4 Å². The monoisotopic (exact) mass is 377 g/mol. The van der Waals surface area contributed by atoms with Crippen molar-refractivity contribution in [2.24, 2.45) is 5.73 Å². The summed E-state index contributed by atoms with van der Waals surface area (Å²) in [5.74, 6) is 0.944. The molecule has 25 heavy (non-hydrogen) atoms. The predicted octanol–water partition coefficient (Wildman–Crippen LogP) is 3.25. The molecular weight excluding hydrogens is 358 g/mol. The SMILES string of the molecule is COc1c(Cl)ccc(N(C(N)=S)C2NCCc3ccccc32)c1OC. The zero-order valence-electron chi connectivity index (χ0n) is 14.1. The van der Waals surface area contributed by atoms with Crippen LogP contribution in [-0.2, 0) is 6.42 Å². The first kappa shape index (κ1) is 17.8. The van der Waals surface area contributed by atoms with E-state index >= 15 is 0 Å². The molecule has 0 fully saturated rings. The smallest absolute Gasteiger partial charge is 0.186 e. The van der Waals surface area contributed by atoms with Crippen molar-refractivity contribution >= 4 is 34.6 Å². The molecule has 2 aromatic carbocycles. The zero-order valence-corrected chi connectivity index (χ0v) is 15.7. The molecule has 0 bridgehead atoms. The Labute approximate surface area is 157 Å². The van der Waals surface area contributed by atoms with E-state index < -0.39 is 0 Å². The molecule has 1 aliphatic heterocycles. The maximum atomic E-state index is 6.23. The summed E-state index contributed by atoms with van der Waals surface area (Å²) in [7, 11) is 3.12. The van der Waals surface area contributed by atoms with E-state index in [1.807, 2.05) is 23.1 Å². The molecule has 0 saturated carbocycles. The molecule has 1 heterocycles. The van der Waals surface area contributed by atoms with Crippen LogP contribution >= 0.6 is 23.8 Å². The summed E-state index contributed by atoms with van der Waals surface area (Å²) in [6.07, 6.45) is 0.765. The fourth-order valence-corrected chi connectivity index (χ4v) is 3.63. The fourth-order valence-electron chi connectivity index (χ4n) is 3.20. The number of nitrogens with one attached hydrogen (secondary N) is 1. The summed E-state index contributed by atoms with van der Waals surface area (Å²) in [6, 6.07) is 11.8. The molecule has 0 spiro atoms. The number of ether oxygens (including phenoxy) is 2. The van der Waals surface area contributed by atoms with Crippen LogP contribution in [0.25, 0.3) is 0 Å². The third-order valence-electron chi connectivity index (χ3n) is 4.29. The Morgan fingerprint density at radius 2 is 1.92 bits per heavy atom. The average Bonchev–Trinajstić information content (AvgIpc) is 2.62. The largest absolute Gasteiger partial charge is 0.491 e. The highest BCUT2D eigenvalue weighted by Crippen LogP contribution is 2.44. The highest BCUT2D eigenvalue weighted by Gasteiger charge is 2.30. The second kappa shape index (κ2) is 7.47. The van der Waals surface area contributed by atoms with E-state index in [9.17, 15) is 0 Å². The Hall–Kier alpha value is -2.02. The number of halogens is 1. The van der Waals surface area contributed by atoms with Crippen molar-refractivity contribution in [2.45, 2.75) is 12.6 Å². The summed E-state index contributed by atoms with van der Waals surface area (Å²) in [5.41, 5.74) is 9.20. The third kappa shape index (κ3) is 3.25. The number of nitrogens with zero attached hydrogens (tertiary/aromatic N) is 1. The number of benzene rings is 2. The predicted molar refractivity (Wildman–Crippen MR) is 105 cm³/mol. The number of nitrogens with two attached hydrogens (primary N) is 1. The summed E-state index contributed by atoms with van der Waals surface area (Å²) in [5, 5.41) is 4.18. The molecule has 0 aromatic heterocycles. The van der Waals surface area contributed by atoms with Crippen molar-refractivity contribution in [3.05, 3.63) is 52.5 Å². The lowest BCUT2D eigenvalue weighted by Crippen LogP contribution is -2.48. The van der Waals surface area contributed by atoms with Gasteiger partial charge < -0.3 is 15.2 Å². The first-order chi connectivity index (χ1) is 12.1. The topological polar surface area (TPSA) is 59.8 Å². The molecule has 5 nitrogen and oxygen atoms in total. The van der Waals surface area contributed by atoms with Crippen LogP contribution in [0.1, 0.15) is 17.3 Å². The van der Waals surface area contributed by atoms with Crippen LogP contribution in [0.2, 0.25) is 5.02 Å². The van der Waals surface area contributed by atoms with E-state index in [0.717, 1.165) is 18.5 Å². The first-order valence-corrected chi connectivity index (χ1v) is 8.67. The number of hydrogen-bond donors (Lipinski definition) is 2. The molecule has 0 aliphatic carbocycles. The van der Waals surface area contributed by atoms with E-state index in [2.05, 4.69) is 17.4 Å². The second-order valence-electron chi connectivity index (χ2n) is 5.65. The van der Waals surface area contributed by atoms with Crippen LogP contribution in [0.3, 0.4) is 0 Å². The minimum Gasteiger partial charge on any atom is -0.491 e. The minimum atomic E-state index is -0.192. The van der Waals surface area contributed by atoms with Crippen molar-refractivity contribution in [1.29, 1.82) is 0 Å². The van der Waals surface area contributed by atoms with Crippen LogP contribution in [0.4, 0.5) is 5.69 Å². The highest BCUT2D eigenvalue weighted by atomic mass is 35.5. The normalized spacial score (nSPS) is 16.0. The van der Waals surface area contributed by atoms with E-state index in [4.69, 9.17) is 39.0 Å². The highest BCUT2D eigenvalue weighted by molar-refractivity contribution is 7.80. The maximum absolute atomic E-state index is 6.23. The van der Waals surface area contributed by atoms with Gasteiger partial charge >= 0.3 is 0 Å². The molecule has 132 valence electrons. The van der Waals surface area contributed by atoms with E-state index in [-0.39, 0.29) is 11.3 Å². The van der Waals surface area contributed by atoms with Gasteiger partial charge in [0.1, 0.15) is 6.17 Å². The van der Waals surface area contributed by atoms with Crippen LogP contribution in [0.5, 0.6) is 11.5 Å². The van der Waals surface area contributed by atoms with Gasteiger partial charge in [0.2, 0.25) is 0 Å². The van der Waals surface area contributed by atoms with Crippen LogP contribution in [-0.4, -0.2) is 25.9 Å². The summed E-state index contributed by atoms with van der Waals surface area (Å²) in [4.78, 5) is 1.84. The van der Waals surface area contributed by atoms with Gasteiger partial charge in [-0.2, -0.15) is 0 Å². The molecule has 1 atom stereocenters. The average molecular weight is 378 g/mol. The molecule has 3 rings (SSSR count). The molecule has 7 heteroatoms. The lowest BCUT2D eigenvalue weighted by atomic mass is 9.97. The van der Waals surface area contributed by atoms with Gasteiger partial charge in [0, 0.05) is 6.54 Å². The Bertz CT molecular complexity index is 800. The van der Waals surface area contributed by atoms with E-state index in [1.165, 1.54) is 5.56 Å². The molecular formula is C18H20ClN3O2S. The molecule has 0 radical (unpaired) electrons.